The van der Waals surface area contributed by atoms with Crippen molar-refractivity contribution < 1.29 is 9.47 Å². The Labute approximate surface area is 169 Å². The maximum Gasteiger partial charge on any atom is 0.135 e. The lowest BCUT2D eigenvalue weighted by Gasteiger charge is -2.29. The molecule has 138 valence electrons. The molecule has 0 aromatic heterocycles. The van der Waals surface area contributed by atoms with Crippen LogP contribution in [-0.2, 0) is 0 Å². The van der Waals surface area contributed by atoms with E-state index in [4.69, 9.17) is 9.47 Å². The summed E-state index contributed by atoms with van der Waals surface area (Å²) in [5.41, 5.74) is 3.68. The summed E-state index contributed by atoms with van der Waals surface area (Å²) in [6.07, 6.45) is 0. The van der Waals surface area contributed by atoms with Crippen molar-refractivity contribution in [3.8, 4) is 17.2 Å². The number of hydrogen-bond donors (Lipinski definition) is 0. The van der Waals surface area contributed by atoms with Gasteiger partial charge in [0.25, 0.3) is 0 Å². The molecule has 0 N–H and O–H groups in total. The summed E-state index contributed by atoms with van der Waals surface area (Å²) in [5, 5.41) is 2.63. The van der Waals surface area contributed by atoms with Crippen molar-refractivity contribution in [2.45, 2.75) is 17.1 Å². The van der Waals surface area contributed by atoms with Gasteiger partial charge in [-0.1, -0.05) is 54.1 Å². The van der Waals surface area contributed by atoms with Gasteiger partial charge in [0.05, 0.1) is 12.4 Å². The van der Waals surface area contributed by atoms with Crippen molar-refractivity contribution in [2.75, 3.05) is 7.11 Å². The van der Waals surface area contributed by atoms with E-state index in [0.29, 0.717) is 0 Å². The van der Waals surface area contributed by atoms with Crippen LogP contribution in [0.15, 0.2) is 83.8 Å². The molecule has 1 heterocycles. The summed E-state index contributed by atoms with van der Waals surface area (Å²) in [7, 11) is 1.69. The molecule has 4 aromatic rings. The Morgan fingerprint density at radius 3 is 2.50 bits per heavy atom. The third-order valence-corrected chi connectivity index (χ3v) is 6.46. The number of aryl methyl sites for hydroxylation is 1. The number of thioether (sulfide) groups is 1. The van der Waals surface area contributed by atoms with E-state index < -0.39 is 0 Å². The SMILES string of the molecule is COc1ccc2c(c1)Oc1ccc3ccccc3c1C2Sc1ccc(C)cc1. The summed E-state index contributed by atoms with van der Waals surface area (Å²) in [5.74, 6) is 2.60. The van der Waals surface area contributed by atoms with Gasteiger partial charge in [0.2, 0.25) is 0 Å². The van der Waals surface area contributed by atoms with E-state index in [0.717, 1.165) is 17.2 Å². The van der Waals surface area contributed by atoms with Gasteiger partial charge < -0.3 is 9.47 Å². The summed E-state index contributed by atoms with van der Waals surface area (Å²) >= 11 is 1.87. The Morgan fingerprint density at radius 1 is 0.857 bits per heavy atom. The molecule has 4 aromatic carbocycles. The van der Waals surface area contributed by atoms with E-state index in [9.17, 15) is 0 Å². The van der Waals surface area contributed by atoms with Crippen LogP contribution >= 0.6 is 11.8 Å². The van der Waals surface area contributed by atoms with Crippen molar-refractivity contribution in [3.63, 3.8) is 0 Å². The fraction of sp³-hybridized carbons (Fsp3) is 0.120. The van der Waals surface area contributed by atoms with Crippen molar-refractivity contribution in [3.05, 3.63) is 95.6 Å². The molecule has 28 heavy (non-hydrogen) atoms. The highest BCUT2D eigenvalue weighted by molar-refractivity contribution is 7.99. The summed E-state index contributed by atoms with van der Waals surface area (Å²) in [6, 6.07) is 27.6. The number of fused-ring (bicyclic) bond motifs is 4. The van der Waals surface area contributed by atoms with Crippen LogP contribution < -0.4 is 9.47 Å². The average molecular weight is 385 g/mol. The number of methoxy groups -OCH3 is 1. The van der Waals surface area contributed by atoms with Crippen LogP contribution in [0.3, 0.4) is 0 Å². The van der Waals surface area contributed by atoms with Crippen LogP contribution in [0.4, 0.5) is 0 Å². The predicted molar refractivity (Wildman–Crippen MR) is 116 cm³/mol. The number of ether oxygens (including phenoxy) is 2. The van der Waals surface area contributed by atoms with Crippen LogP contribution in [0, 0.1) is 6.92 Å². The largest absolute Gasteiger partial charge is 0.497 e. The first-order valence-corrected chi connectivity index (χ1v) is 10.2. The predicted octanol–water partition coefficient (Wildman–Crippen LogP) is 7.14. The van der Waals surface area contributed by atoms with Crippen molar-refractivity contribution >= 4 is 22.5 Å². The average Bonchev–Trinajstić information content (AvgIpc) is 2.74. The molecule has 0 fully saturated rings. The van der Waals surface area contributed by atoms with E-state index in [-0.39, 0.29) is 5.25 Å². The molecule has 1 aliphatic rings. The molecule has 0 radical (unpaired) electrons. The Bertz CT molecular complexity index is 1170. The molecule has 0 bridgehead atoms. The third-order valence-electron chi connectivity index (χ3n) is 5.19. The minimum Gasteiger partial charge on any atom is -0.497 e. The molecular weight excluding hydrogens is 364 g/mol. The number of rotatable bonds is 3. The van der Waals surface area contributed by atoms with E-state index >= 15 is 0 Å². The standard InChI is InChI=1S/C25H20O2S/c1-16-7-11-19(12-8-16)28-25-21-13-10-18(26-2)15-23(21)27-22-14-9-17-5-3-4-6-20(17)24(22)25/h3-15,25H,1-2H3. The van der Waals surface area contributed by atoms with Gasteiger partial charge in [-0.3, -0.25) is 0 Å². The van der Waals surface area contributed by atoms with Gasteiger partial charge in [0.15, 0.2) is 0 Å². The maximum atomic E-state index is 6.32. The highest BCUT2D eigenvalue weighted by Crippen LogP contribution is 2.54. The third kappa shape index (κ3) is 2.92. The van der Waals surface area contributed by atoms with Crippen molar-refractivity contribution in [1.29, 1.82) is 0 Å². The zero-order valence-corrected chi connectivity index (χ0v) is 16.6. The van der Waals surface area contributed by atoms with Gasteiger partial charge in [0, 0.05) is 22.1 Å². The van der Waals surface area contributed by atoms with Crippen molar-refractivity contribution in [1.82, 2.24) is 0 Å². The van der Waals surface area contributed by atoms with Crippen LogP contribution in [0.5, 0.6) is 17.2 Å². The summed E-state index contributed by atoms with van der Waals surface area (Å²) < 4.78 is 11.7. The van der Waals surface area contributed by atoms with Gasteiger partial charge in [-0.15, -0.1) is 11.8 Å². The first kappa shape index (κ1) is 17.2. The molecule has 0 spiro atoms. The van der Waals surface area contributed by atoms with Gasteiger partial charge in [-0.25, -0.2) is 0 Å². The minimum absolute atomic E-state index is 0.151. The molecule has 2 nitrogen and oxygen atoms in total. The molecular formula is C25H20O2S. The monoisotopic (exact) mass is 384 g/mol. The van der Waals surface area contributed by atoms with E-state index in [1.807, 2.05) is 23.9 Å². The molecule has 0 saturated heterocycles. The Balaban J connectivity index is 1.71. The molecule has 0 amide bonds. The Morgan fingerprint density at radius 2 is 1.68 bits per heavy atom. The fourth-order valence-corrected chi connectivity index (χ4v) is 4.98. The van der Waals surface area contributed by atoms with E-state index in [1.54, 1.807) is 7.11 Å². The molecule has 1 aliphatic heterocycles. The van der Waals surface area contributed by atoms with Crippen molar-refractivity contribution in [2.24, 2.45) is 0 Å². The van der Waals surface area contributed by atoms with E-state index in [1.165, 1.54) is 32.4 Å². The van der Waals surface area contributed by atoms with Gasteiger partial charge in [-0.2, -0.15) is 0 Å². The first-order chi connectivity index (χ1) is 13.7. The number of hydrogen-bond acceptors (Lipinski definition) is 3. The Hall–Kier alpha value is -2.91. The topological polar surface area (TPSA) is 18.5 Å². The zero-order chi connectivity index (χ0) is 19.1. The normalized spacial score (nSPS) is 14.9. The lowest BCUT2D eigenvalue weighted by Crippen LogP contribution is -2.08. The zero-order valence-electron chi connectivity index (χ0n) is 15.8. The van der Waals surface area contributed by atoms with Gasteiger partial charge in [-0.05, 0) is 42.0 Å². The van der Waals surface area contributed by atoms with Crippen LogP contribution in [0.2, 0.25) is 0 Å². The molecule has 0 aliphatic carbocycles. The molecule has 0 saturated carbocycles. The van der Waals surface area contributed by atoms with E-state index in [2.05, 4.69) is 73.7 Å². The lowest BCUT2D eigenvalue weighted by atomic mass is 9.94. The first-order valence-electron chi connectivity index (χ1n) is 9.34. The van der Waals surface area contributed by atoms with Gasteiger partial charge in [0.1, 0.15) is 17.2 Å². The van der Waals surface area contributed by atoms with Gasteiger partial charge >= 0.3 is 0 Å². The second-order valence-electron chi connectivity index (χ2n) is 7.02. The highest BCUT2D eigenvalue weighted by Gasteiger charge is 2.30. The minimum atomic E-state index is 0.151. The maximum absolute atomic E-state index is 6.32. The smallest absolute Gasteiger partial charge is 0.135 e. The highest BCUT2D eigenvalue weighted by atomic mass is 32.2. The molecule has 3 heteroatoms. The quantitative estimate of drug-likeness (QED) is 0.374. The van der Waals surface area contributed by atoms with Crippen LogP contribution in [-0.4, -0.2) is 7.11 Å². The lowest BCUT2D eigenvalue weighted by molar-refractivity contribution is 0.406. The molecule has 1 unspecified atom stereocenters. The summed E-state index contributed by atoms with van der Waals surface area (Å²) in [4.78, 5) is 1.25. The number of benzene rings is 4. The van der Waals surface area contributed by atoms with Crippen LogP contribution in [0.25, 0.3) is 10.8 Å². The second kappa shape index (κ2) is 6.92. The fourth-order valence-electron chi connectivity index (χ4n) is 3.73. The second-order valence-corrected chi connectivity index (χ2v) is 8.19. The van der Waals surface area contributed by atoms with Crippen LogP contribution in [0.1, 0.15) is 21.9 Å². The molecule has 5 rings (SSSR count). The Kier molecular flexibility index (Phi) is 4.25. The molecule has 1 atom stereocenters. The summed E-state index contributed by atoms with van der Waals surface area (Å²) in [6.45, 7) is 2.12.